The maximum absolute atomic E-state index is 2.57. The zero-order chi connectivity index (χ0) is 10.8. The highest BCUT2D eigenvalue weighted by Crippen LogP contribution is 2.72. The van der Waals surface area contributed by atoms with Gasteiger partial charge in [0, 0.05) is 0 Å². The molecule has 86 valence electrons. The molecule has 1 spiro atoms. The van der Waals surface area contributed by atoms with Crippen LogP contribution in [0.2, 0.25) is 0 Å². The van der Waals surface area contributed by atoms with Crippen LogP contribution in [0, 0.1) is 34.5 Å². The largest absolute Gasteiger partial charge is 0.0622 e. The van der Waals surface area contributed by atoms with Gasteiger partial charge in [-0.05, 0) is 66.6 Å². The van der Waals surface area contributed by atoms with Gasteiger partial charge in [-0.1, -0.05) is 27.7 Å². The Morgan fingerprint density at radius 1 is 1.00 bits per heavy atom. The van der Waals surface area contributed by atoms with Crippen LogP contribution in [-0.4, -0.2) is 0 Å². The van der Waals surface area contributed by atoms with Crippen molar-refractivity contribution in [2.75, 3.05) is 0 Å². The van der Waals surface area contributed by atoms with E-state index in [-0.39, 0.29) is 0 Å². The van der Waals surface area contributed by atoms with Gasteiger partial charge in [0.25, 0.3) is 0 Å². The average Bonchev–Trinajstić information content (AvgIpc) is 2.57. The summed E-state index contributed by atoms with van der Waals surface area (Å²) in [5, 5.41) is 0. The van der Waals surface area contributed by atoms with Gasteiger partial charge in [0.05, 0.1) is 0 Å². The molecule has 3 aliphatic rings. The fraction of sp³-hybridized carbons (Fsp3) is 1.00. The first-order valence-electron chi connectivity index (χ1n) is 6.98. The Morgan fingerprint density at radius 2 is 1.73 bits per heavy atom. The van der Waals surface area contributed by atoms with Crippen LogP contribution >= 0.6 is 0 Å². The predicted octanol–water partition coefficient (Wildman–Crippen LogP) is 4.49. The molecular formula is C15H26. The first-order chi connectivity index (χ1) is 6.98. The Hall–Kier alpha value is 0. The van der Waals surface area contributed by atoms with Crippen LogP contribution in [0.15, 0.2) is 0 Å². The van der Waals surface area contributed by atoms with Gasteiger partial charge in [-0.25, -0.2) is 0 Å². The van der Waals surface area contributed by atoms with E-state index in [2.05, 4.69) is 27.7 Å². The average molecular weight is 206 g/mol. The highest BCUT2D eigenvalue weighted by Gasteiger charge is 2.64. The summed E-state index contributed by atoms with van der Waals surface area (Å²) >= 11 is 0. The summed E-state index contributed by atoms with van der Waals surface area (Å²) in [5.41, 5.74) is 1.42. The second-order valence-electron chi connectivity index (χ2n) is 7.41. The molecule has 5 atom stereocenters. The fourth-order valence-corrected chi connectivity index (χ4v) is 5.88. The molecule has 0 aromatic rings. The third-order valence-electron chi connectivity index (χ3n) is 6.77. The molecule has 3 fully saturated rings. The molecule has 3 saturated carbocycles. The molecule has 3 aliphatic carbocycles. The van der Waals surface area contributed by atoms with Crippen molar-refractivity contribution in [3.8, 4) is 0 Å². The molecule has 1 unspecified atom stereocenters. The number of hydrogen-bond donors (Lipinski definition) is 0. The smallest absolute Gasteiger partial charge is 0.0235 e. The number of rotatable bonds is 0. The Kier molecular flexibility index (Phi) is 1.91. The zero-order valence-corrected chi connectivity index (χ0v) is 10.8. The van der Waals surface area contributed by atoms with Crippen molar-refractivity contribution in [2.24, 2.45) is 34.5 Å². The monoisotopic (exact) mass is 206 g/mol. The third kappa shape index (κ3) is 1.04. The molecule has 0 saturated heterocycles. The van der Waals surface area contributed by atoms with Crippen molar-refractivity contribution >= 4 is 0 Å². The third-order valence-corrected chi connectivity index (χ3v) is 6.77. The lowest BCUT2D eigenvalue weighted by atomic mass is 9.66. The van der Waals surface area contributed by atoms with Gasteiger partial charge in [-0.2, -0.15) is 0 Å². The van der Waals surface area contributed by atoms with E-state index in [9.17, 15) is 0 Å². The summed E-state index contributed by atoms with van der Waals surface area (Å²) in [6.45, 7) is 10.2. The van der Waals surface area contributed by atoms with Crippen molar-refractivity contribution in [1.29, 1.82) is 0 Å². The summed E-state index contributed by atoms with van der Waals surface area (Å²) < 4.78 is 0. The van der Waals surface area contributed by atoms with E-state index < -0.39 is 0 Å². The van der Waals surface area contributed by atoms with Crippen LogP contribution in [0.1, 0.15) is 59.8 Å². The van der Waals surface area contributed by atoms with Crippen LogP contribution in [-0.2, 0) is 0 Å². The first kappa shape index (κ1) is 10.2. The normalized spacial score (nSPS) is 56.8. The molecule has 0 amide bonds. The maximum atomic E-state index is 2.57. The Bertz CT molecular complexity index is 278. The van der Waals surface area contributed by atoms with Crippen LogP contribution in [0.4, 0.5) is 0 Å². The zero-order valence-electron chi connectivity index (χ0n) is 10.8. The van der Waals surface area contributed by atoms with Crippen LogP contribution in [0.25, 0.3) is 0 Å². The fourth-order valence-electron chi connectivity index (χ4n) is 5.88. The Labute approximate surface area is 94.8 Å². The molecule has 2 bridgehead atoms. The molecule has 15 heavy (non-hydrogen) atoms. The standard InChI is InChI=1S/C15H26/c1-10-7-8-15-9-12(10)14(3,4)13(15)6-5-11(15)2/h10-13H,5-9H2,1-4H3/t10-,11-,12+,13+,15?/m1/s1. The minimum absolute atomic E-state index is 0.640. The van der Waals surface area contributed by atoms with Crippen LogP contribution in [0.3, 0.4) is 0 Å². The van der Waals surface area contributed by atoms with Gasteiger partial charge < -0.3 is 0 Å². The molecule has 0 aromatic carbocycles. The molecule has 0 N–H and O–H groups in total. The molecule has 0 heteroatoms. The predicted molar refractivity (Wildman–Crippen MR) is 64.6 cm³/mol. The summed E-state index contributed by atoms with van der Waals surface area (Å²) in [6.07, 6.45) is 7.65. The molecule has 0 heterocycles. The molecule has 0 aromatic heterocycles. The van der Waals surface area contributed by atoms with Crippen molar-refractivity contribution < 1.29 is 0 Å². The van der Waals surface area contributed by atoms with Crippen LogP contribution < -0.4 is 0 Å². The first-order valence-corrected chi connectivity index (χ1v) is 6.98. The highest BCUT2D eigenvalue weighted by molar-refractivity contribution is 5.13. The minimum Gasteiger partial charge on any atom is -0.0622 e. The van der Waals surface area contributed by atoms with E-state index in [1.165, 1.54) is 19.3 Å². The van der Waals surface area contributed by atoms with Gasteiger partial charge >= 0.3 is 0 Å². The van der Waals surface area contributed by atoms with Crippen molar-refractivity contribution in [1.82, 2.24) is 0 Å². The van der Waals surface area contributed by atoms with E-state index in [1.807, 2.05) is 0 Å². The van der Waals surface area contributed by atoms with Gasteiger partial charge in [-0.3, -0.25) is 0 Å². The topological polar surface area (TPSA) is 0 Å². The maximum Gasteiger partial charge on any atom is -0.0235 e. The lowest BCUT2D eigenvalue weighted by molar-refractivity contribution is 0.104. The van der Waals surface area contributed by atoms with Gasteiger partial charge in [-0.15, -0.1) is 0 Å². The summed E-state index contributed by atoms with van der Waals surface area (Å²) in [7, 11) is 0. The van der Waals surface area contributed by atoms with Gasteiger partial charge in [0.1, 0.15) is 0 Å². The van der Waals surface area contributed by atoms with Crippen molar-refractivity contribution in [3.63, 3.8) is 0 Å². The van der Waals surface area contributed by atoms with Crippen molar-refractivity contribution in [2.45, 2.75) is 59.8 Å². The second kappa shape index (κ2) is 2.81. The van der Waals surface area contributed by atoms with E-state index >= 15 is 0 Å². The highest BCUT2D eigenvalue weighted by atomic mass is 14.7. The van der Waals surface area contributed by atoms with E-state index in [0.29, 0.717) is 5.41 Å². The number of fused-ring (bicyclic) bond motifs is 1. The minimum atomic E-state index is 0.640. The van der Waals surface area contributed by atoms with E-state index in [1.54, 1.807) is 12.8 Å². The molecule has 0 nitrogen and oxygen atoms in total. The molecule has 0 aliphatic heterocycles. The SMILES string of the molecule is C[C@@H]1CCC23C[C@@H]1C(C)(C)[C@@H]2CC[C@H]3C. The van der Waals surface area contributed by atoms with Gasteiger partial charge in [0.2, 0.25) is 0 Å². The summed E-state index contributed by atoms with van der Waals surface area (Å²) in [4.78, 5) is 0. The number of hydrogen-bond acceptors (Lipinski definition) is 0. The second-order valence-corrected chi connectivity index (χ2v) is 7.41. The molecule has 3 rings (SSSR count). The Balaban J connectivity index is 2.04. The molecular weight excluding hydrogens is 180 g/mol. The summed E-state index contributed by atoms with van der Waals surface area (Å²) in [5.74, 6) is 4.08. The lowest BCUT2D eigenvalue weighted by Gasteiger charge is -2.39. The lowest BCUT2D eigenvalue weighted by Crippen LogP contribution is -2.30. The molecule has 0 radical (unpaired) electrons. The van der Waals surface area contributed by atoms with Crippen LogP contribution in [0.5, 0.6) is 0 Å². The summed E-state index contributed by atoms with van der Waals surface area (Å²) in [6, 6.07) is 0. The van der Waals surface area contributed by atoms with E-state index in [4.69, 9.17) is 0 Å². The Morgan fingerprint density at radius 3 is 2.47 bits per heavy atom. The van der Waals surface area contributed by atoms with E-state index in [0.717, 1.165) is 29.1 Å². The quantitative estimate of drug-likeness (QED) is 0.547. The van der Waals surface area contributed by atoms with Gasteiger partial charge in [0.15, 0.2) is 0 Å². The van der Waals surface area contributed by atoms with Crippen molar-refractivity contribution in [3.05, 3.63) is 0 Å².